The van der Waals surface area contributed by atoms with Gasteiger partial charge < -0.3 is 0 Å². The Hall–Kier alpha value is -1.92. The van der Waals surface area contributed by atoms with Gasteiger partial charge in [0.2, 0.25) is 7.29 Å². The first-order chi connectivity index (χ1) is 8.77. The highest BCUT2D eigenvalue weighted by molar-refractivity contribution is 7.77. The molecule has 18 heavy (non-hydrogen) atoms. The Balaban J connectivity index is 2.59. The molecule has 90 valence electrons. The molecule has 0 aliphatic carbocycles. The van der Waals surface area contributed by atoms with E-state index in [1.165, 1.54) is 6.21 Å². The van der Waals surface area contributed by atoms with Crippen molar-refractivity contribution in [3.8, 4) is 0 Å². The molecule has 0 bridgehead atoms. The molecule has 0 aliphatic rings. The number of benzene rings is 2. The van der Waals surface area contributed by atoms with Crippen LogP contribution < -0.4 is 10.6 Å². The smallest absolute Gasteiger partial charge is 0.247 e. The predicted octanol–water partition coefficient (Wildman–Crippen LogP) is 3.17. The summed E-state index contributed by atoms with van der Waals surface area (Å²) in [5.74, 6) is 0. The summed E-state index contributed by atoms with van der Waals surface area (Å²) in [6, 6.07) is 18.6. The van der Waals surface area contributed by atoms with Crippen molar-refractivity contribution in [1.29, 1.82) is 0 Å². The zero-order valence-corrected chi connectivity index (χ0v) is 10.8. The predicted molar refractivity (Wildman–Crippen MR) is 78.4 cm³/mol. The first-order valence-corrected chi connectivity index (χ1v) is 7.31. The van der Waals surface area contributed by atoms with E-state index in [0.717, 1.165) is 10.6 Å². The van der Waals surface area contributed by atoms with Crippen molar-refractivity contribution in [2.45, 2.75) is 0 Å². The van der Waals surface area contributed by atoms with Gasteiger partial charge in [0.25, 0.3) is 0 Å². The molecular weight excluding hydrogens is 241 g/mol. The molecule has 2 aromatic carbocycles. The molecule has 0 aliphatic heterocycles. The van der Waals surface area contributed by atoms with Crippen LogP contribution in [0.4, 0.5) is 0 Å². The van der Waals surface area contributed by atoms with Crippen molar-refractivity contribution in [3.63, 3.8) is 0 Å². The molecule has 0 spiro atoms. The van der Waals surface area contributed by atoms with E-state index >= 15 is 0 Å². The summed E-state index contributed by atoms with van der Waals surface area (Å²) < 4.78 is 17.4. The number of hydrogen-bond acceptors (Lipinski definition) is 1. The highest BCUT2D eigenvalue weighted by atomic mass is 31.2. The average Bonchev–Trinajstić information content (AvgIpc) is 2.46. The molecule has 0 saturated heterocycles. The standard InChI is InChI=1S/C15H14NOP/c1-2-13-16-18(17,14-9-5-3-6-10-14)15-11-7-4-8-12-15/h2-13H,1H2/b16-13+. The van der Waals surface area contributed by atoms with E-state index in [9.17, 15) is 4.57 Å². The molecule has 0 unspecified atom stereocenters. The van der Waals surface area contributed by atoms with Crippen LogP contribution in [0.1, 0.15) is 0 Å². The van der Waals surface area contributed by atoms with Crippen LogP contribution in [0.2, 0.25) is 0 Å². The molecule has 2 nitrogen and oxygen atoms in total. The van der Waals surface area contributed by atoms with E-state index in [2.05, 4.69) is 11.3 Å². The minimum atomic E-state index is -2.94. The minimum absolute atomic E-state index is 0.731. The van der Waals surface area contributed by atoms with Crippen molar-refractivity contribution in [2.75, 3.05) is 0 Å². The van der Waals surface area contributed by atoms with Crippen LogP contribution in [0.3, 0.4) is 0 Å². The van der Waals surface area contributed by atoms with Gasteiger partial charge >= 0.3 is 0 Å². The normalized spacial score (nSPS) is 11.6. The minimum Gasteiger partial charge on any atom is -0.288 e. The van der Waals surface area contributed by atoms with E-state index in [1.807, 2.05) is 60.7 Å². The van der Waals surface area contributed by atoms with E-state index in [-0.39, 0.29) is 0 Å². The second kappa shape index (κ2) is 5.61. The summed E-state index contributed by atoms with van der Waals surface area (Å²) in [7, 11) is -2.94. The van der Waals surface area contributed by atoms with Crippen LogP contribution in [0, 0.1) is 0 Å². The highest BCUT2D eigenvalue weighted by Crippen LogP contribution is 2.44. The highest BCUT2D eigenvalue weighted by Gasteiger charge is 2.25. The maximum Gasteiger partial charge on any atom is 0.247 e. The Bertz CT molecular complexity index is 547. The SMILES string of the molecule is C=C/C=N/P(=O)(c1ccccc1)c1ccccc1. The Kier molecular flexibility index (Phi) is 3.91. The van der Waals surface area contributed by atoms with Gasteiger partial charge in [-0.3, -0.25) is 4.57 Å². The summed E-state index contributed by atoms with van der Waals surface area (Å²) in [6.45, 7) is 3.58. The van der Waals surface area contributed by atoms with Gasteiger partial charge in [-0.2, -0.15) is 0 Å². The number of hydrogen-bond donors (Lipinski definition) is 0. The lowest BCUT2D eigenvalue weighted by Gasteiger charge is -2.13. The zero-order chi connectivity index (χ0) is 12.8. The molecule has 0 heterocycles. The zero-order valence-electron chi connectivity index (χ0n) is 9.94. The van der Waals surface area contributed by atoms with E-state index in [4.69, 9.17) is 0 Å². The van der Waals surface area contributed by atoms with Crippen LogP contribution in [-0.4, -0.2) is 6.21 Å². The first kappa shape index (κ1) is 12.5. The van der Waals surface area contributed by atoms with E-state index < -0.39 is 7.29 Å². The largest absolute Gasteiger partial charge is 0.288 e. The lowest BCUT2D eigenvalue weighted by atomic mass is 10.4. The molecule has 0 radical (unpaired) electrons. The molecule has 3 heteroatoms. The molecule has 0 saturated carbocycles. The van der Waals surface area contributed by atoms with Crippen LogP contribution >= 0.6 is 7.29 Å². The van der Waals surface area contributed by atoms with E-state index in [0.29, 0.717) is 0 Å². The van der Waals surface area contributed by atoms with Gasteiger partial charge in [0.05, 0.1) is 0 Å². The van der Waals surface area contributed by atoms with Gasteiger partial charge in [0.15, 0.2) is 0 Å². The third kappa shape index (κ3) is 2.49. The number of rotatable bonds is 4. The Morgan fingerprint density at radius 3 is 1.72 bits per heavy atom. The van der Waals surface area contributed by atoms with Gasteiger partial charge in [0.1, 0.15) is 0 Å². The summed E-state index contributed by atoms with van der Waals surface area (Å²) in [6.07, 6.45) is 3.04. The van der Waals surface area contributed by atoms with Gasteiger partial charge in [-0.15, -0.1) is 0 Å². The van der Waals surface area contributed by atoms with Crippen LogP contribution in [0.15, 0.2) is 78.1 Å². The van der Waals surface area contributed by atoms with Gasteiger partial charge in [-0.05, 0) is 24.3 Å². The topological polar surface area (TPSA) is 29.4 Å². The monoisotopic (exact) mass is 255 g/mol. The summed E-state index contributed by atoms with van der Waals surface area (Å²) >= 11 is 0. The van der Waals surface area contributed by atoms with Crippen molar-refractivity contribution >= 4 is 24.1 Å². The Morgan fingerprint density at radius 2 is 1.33 bits per heavy atom. The second-order valence-corrected chi connectivity index (χ2v) is 6.16. The number of allylic oxidation sites excluding steroid dienone is 1. The van der Waals surface area contributed by atoms with Crippen molar-refractivity contribution in [3.05, 3.63) is 73.3 Å². The summed E-state index contributed by atoms with van der Waals surface area (Å²) in [5.41, 5.74) is 0. The molecule has 2 aromatic rings. The molecule has 0 fully saturated rings. The second-order valence-electron chi connectivity index (χ2n) is 3.75. The molecule has 0 aromatic heterocycles. The van der Waals surface area contributed by atoms with Crippen LogP contribution in [0.5, 0.6) is 0 Å². The van der Waals surface area contributed by atoms with Crippen molar-refractivity contribution in [2.24, 2.45) is 4.76 Å². The molecule has 0 atom stereocenters. The third-order valence-electron chi connectivity index (χ3n) is 2.55. The lowest BCUT2D eigenvalue weighted by Crippen LogP contribution is -2.14. The fourth-order valence-electron chi connectivity index (χ4n) is 1.68. The Morgan fingerprint density at radius 1 is 0.889 bits per heavy atom. The summed E-state index contributed by atoms with van der Waals surface area (Å²) in [4.78, 5) is 0. The molecular formula is C15H14NOP. The summed E-state index contributed by atoms with van der Waals surface area (Å²) in [5, 5.41) is 1.46. The Labute approximate surface area is 107 Å². The quantitative estimate of drug-likeness (QED) is 0.609. The average molecular weight is 255 g/mol. The molecule has 0 N–H and O–H groups in total. The van der Waals surface area contributed by atoms with Crippen LogP contribution in [0.25, 0.3) is 0 Å². The molecule has 2 rings (SSSR count). The lowest BCUT2D eigenvalue weighted by molar-refractivity contribution is 0.588. The van der Waals surface area contributed by atoms with Gasteiger partial charge in [-0.1, -0.05) is 49.1 Å². The number of nitrogens with zero attached hydrogens (tertiary/aromatic N) is 1. The van der Waals surface area contributed by atoms with Crippen molar-refractivity contribution in [1.82, 2.24) is 0 Å². The van der Waals surface area contributed by atoms with Gasteiger partial charge in [-0.25, -0.2) is 4.76 Å². The maximum atomic E-state index is 13.1. The van der Waals surface area contributed by atoms with Crippen molar-refractivity contribution < 1.29 is 4.57 Å². The van der Waals surface area contributed by atoms with Gasteiger partial charge in [0, 0.05) is 16.8 Å². The fraction of sp³-hybridized carbons (Fsp3) is 0. The van der Waals surface area contributed by atoms with E-state index in [1.54, 1.807) is 6.08 Å². The fourth-order valence-corrected chi connectivity index (χ4v) is 3.68. The molecule has 0 amide bonds. The first-order valence-electron chi connectivity index (χ1n) is 5.65. The maximum absolute atomic E-state index is 13.1. The van der Waals surface area contributed by atoms with Crippen LogP contribution in [-0.2, 0) is 4.57 Å². The third-order valence-corrected chi connectivity index (χ3v) is 5.00.